The molecule has 2 heteroatoms. The zero-order valence-electron chi connectivity index (χ0n) is 15.9. The summed E-state index contributed by atoms with van der Waals surface area (Å²) in [5.41, 5.74) is -0.262. The molecule has 0 saturated carbocycles. The first-order valence-corrected chi connectivity index (χ1v) is 8.69. The van der Waals surface area contributed by atoms with Crippen molar-refractivity contribution in [1.82, 2.24) is 0 Å². The molecule has 23 heavy (non-hydrogen) atoms. The minimum atomic E-state index is -0.933. The third kappa shape index (κ3) is 5.09. The van der Waals surface area contributed by atoms with Gasteiger partial charge in [0.25, 0.3) is 0 Å². The Morgan fingerprint density at radius 2 is 1.48 bits per heavy atom. The minimum absolute atomic E-state index is 0.272. The van der Waals surface area contributed by atoms with Crippen LogP contribution in [0.3, 0.4) is 0 Å². The van der Waals surface area contributed by atoms with Gasteiger partial charge in [-0.2, -0.15) is 0 Å². The predicted octanol–water partition coefficient (Wildman–Crippen LogP) is 3.02. The lowest BCUT2D eigenvalue weighted by Crippen LogP contribution is -3.17. The molecule has 128 valence electrons. The van der Waals surface area contributed by atoms with Gasteiger partial charge in [0.15, 0.2) is 0 Å². The number of aliphatic hydroxyl groups is 1. The normalized spacial score (nSPS) is 14.7. The van der Waals surface area contributed by atoms with E-state index in [4.69, 9.17) is 0 Å². The van der Waals surface area contributed by atoms with Gasteiger partial charge < -0.3 is 10.0 Å². The van der Waals surface area contributed by atoms with Crippen molar-refractivity contribution in [1.29, 1.82) is 0 Å². The molecule has 2 N–H and O–H groups in total. The van der Waals surface area contributed by atoms with Gasteiger partial charge in [0, 0.05) is 6.42 Å². The fourth-order valence-corrected chi connectivity index (χ4v) is 2.94. The van der Waals surface area contributed by atoms with Crippen molar-refractivity contribution >= 4 is 0 Å². The molecule has 0 heterocycles. The van der Waals surface area contributed by atoms with Crippen molar-refractivity contribution in [2.45, 2.75) is 72.6 Å². The molecular formula is C21H34NO+. The molecular weight excluding hydrogens is 282 g/mol. The van der Waals surface area contributed by atoms with E-state index in [0.717, 1.165) is 12.1 Å². The highest BCUT2D eigenvalue weighted by Gasteiger charge is 2.40. The molecule has 0 amide bonds. The fraction of sp³-hybridized carbons (Fsp3) is 0.619. The summed E-state index contributed by atoms with van der Waals surface area (Å²) in [5.74, 6) is 6.55. The van der Waals surface area contributed by atoms with Crippen LogP contribution < -0.4 is 4.90 Å². The molecule has 1 aromatic rings. The Labute approximate surface area is 142 Å². The van der Waals surface area contributed by atoms with Gasteiger partial charge in [-0.05, 0) is 44.6 Å². The molecule has 0 aliphatic rings. The van der Waals surface area contributed by atoms with Crippen LogP contribution in [0.4, 0.5) is 0 Å². The van der Waals surface area contributed by atoms with Crippen LogP contribution in [0.1, 0.15) is 60.5 Å². The summed E-state index contributed by atoms with van der Waals surface area (Å²) in [5, 5.41) is 11.3. The zero-order chi connectivity index (χ0) is 17.7. The standard InChI is InChI=1S/C21H33NO/c1-17(2)22(18(3)4)16-12-11-15-21(23,20(5,6)7)19-13-9-8-10-14-19/h8-10,13-14,17-18,23H,15-16H2,1-7H3/p+1. The highest BCUT2D eigenvalue weighted by Crippen LogP contribution is 2.41. The second kappa shape index (κ2) is 7.99. The summed E-state index contributed by atoms with van der Waals surface area (Å²) in [6, 6.07) is 11.0. The van der Waals surface area contributed by atoms with Crippen LogP contribution in [0.15, 0.2) is 30.3 Å². The Hall–Kier alpha value is -1.30. The lowest BCUT2D eigenvalue weighted by molar-refractivity contribution is -0.935. The van der Waals surface area contributed by atoms with Gasteiger partial charge in [0.1, 0.15) is 12.1 Å². The second-order valence-corrected chi connectivity index (χ2v) is 8.07. The van der Waals surface area contributed by atoms with Crippen LogP contribution in [-0.4, -0.2) is 23.7 Å². The quantitative estimate of drug-likeness (QED) is 0.802. The third-order valence-corrected chi connectivity index (χ3v) is 4.74. The van der Waals surface area contributed by atoms with E-state index in [1.807, 2.05) is 30.3 Å². The van der Waals surface area contributed by atoms with Crippen LogP contribution in [0.5, 0.6) is 0 Å². The number of hydrogen-bond donors (Lipinski definition) is 2. The first-order valence-electron chi connectivity index (χ1n) is 8.69. The summed E-state index contributed by atoms with van der Waals surface area (Å²) in [6.07, 6.45) is 0.462. The molecule has 1 rings (SSSR count). The van der Waals surface area contributed by atoms with Crippen molar-refractivity contribution in [2.24, 2.45) is 5.41 Å². The van der Waals surface area contributed by atoms with E-state index >= 15 is 0 Å². The SMILES string of the molecule is CC(C)[NH+](CC#CCC(O)(c1ccccc1)C(C)(C)C)C(C)C. The molecule has 0 aromatic heterocycles. The van der Waals surface area contributed by atoms with E-state index in [9.17, 15) is 5.11 Å². The third-order valence-electron chi connectivity index (χ3n) is 4.74. The molecule has 0 radical (unpaired) electrons. The molecule has 0 aliphatic carbocycles. The molecule has 0 spiro atoms. The van der Waals surface area contributed by atoms with Gasteiger partial charge in [0.05, 0.1) is 12.1 Å². The summed E-state index contributed by atoms with van der Waals surface area (Å²) < 4.78 is 0. The van der Waals surface area contributed by atoms with Crippen molar-refractivity contribution in [3.63, 3.8) is 0 Å². The number of rotatable bonds is 5. The first kappa shape index (κ1) is 19.7. The van der Waals surface area contributed by atoms with E-state index in [2.05, 4.69) is 60.3 Å². The Morgan fingerprint density at radius 1 is 0.957 bits per heavy atom. The van der Waals surface area contributed by atoms with Gasteiger partial charge in [-0.25, -0.2) is 0 Å². The smallest absolute Gasteiger partial charge is 0.139 e. The van der Waals surface area contributed by atoms with Crippen LogP contribution in [0, 0.1) is 17.3 Å². The Bertz CT molecular complexity index is 522. The van der Waals surface area contributed by atoms with Crippen LogP contribution in [0.2, 0.25) is 0 Å². The lowest BCUT2D eigenvalue weighted by atomic mass is 9.70. The minimum Gasteiger partial charge on any atom is -0.384 e. The van der Waals surface area contributed by atoms with Gasteiger partial charge >= 0.3 is 0 Å². The van der Waals surface area contributed by atoms with Crippen molar-refractivity contribution in [3.05, 3.63) is 35.9 Å². The van der Waals surface area contributed by atoms with Gasteiger partial charge in [-0.1, -0.05) is 57.0 Å². The maximum Gasteiger partial charge on any atom is 0.139 e. The summed E-state index contributed by atoms with van der Waals surface area (Å²) in [4.78, 5) is 1.48. The number of nitrogens with one attached hydrogen (secondary N) is 1. The topological polar surface area (TPSA) is 24.7 Å². The summed E-state index contributed by atoms with van der Waals surface area (Å²) in [6.45, 7) is 16.0. The van der Waals surface area contributed by atoms with E-state index in [-0.39, 0.29) is 5.41 Å². The maximum atomic E-state index is 11.3. The molecule has 0 fully saturated rings. The van der Waals surface area contributed by atoms with E-state index in [1.165, 1.54) is 4.90 Å². The van der Waals surface area contributed by atoms with Crippen molar-refractivity contribution in [2.75, 3.05) is 6.54 Å². The zero-order valence-corrected chi connectivity index (χ0v) is 15.9. The molecule has 1 atom stereocenters. The van der Waals surface area contributed by atoms with Crippen LogP contribution in [0.25, 0.3) is 0 Å². The van der Waals surface area contributed by atoms with Crippen molar-refractivity contribution < 1.29 is 10.0 Å². The average Bonchev–Trinajstić information content (AvgIpc) is 2.45. The van der Waals surface area contributed by atoms with E-state index in [1.54, 1.807) is 0 Å². The predicted molar refractivity (Wildman–Crippen MR) is 98.3 cm³/mol. The molecule has 0 bridgehead atoms. The molecule has 1 aromatic carbocycles. The molecule has 2 nitrogen and oxygen atoms in total. The van der Waals surface area contributed by atoms with Gasteiger partial charge in [-0.3, -0.25) is 0 Å². The van der Waals surface area contributed by atoms with Crippen molar-refractivity contribution in [3.8, 4) is 11.8 Å². The van der Waals surface area contributed by atoms with Crippen LogP contribution >= 0.6 is 0 Å². The Kier molecular flexibility index (Phi) is 6.86. The van der Waals surface area contributed by atoms with Gasteiger partial charge in [0.2, 0.25) is 0 Å². The van der Waals surface area contributed by atoms with Gasteiger partial charge in [-0.15, -0.1) is 0 Å². The molecule has 1 unspecified atom stereocenters. The average molecular weight is 317 g/mol. The lowest BCUT2D eigenvalue weighted by Gasteiger charge is -2.39. The highest BCUT2D eigenvalue weighted by molar-refractivity contribution is 5.27. The van der Waals surface area contributed by atoms with E-state index < -0.39 is 5.60 Å². The Balaban J connectivity index is 2.92. The summed E-state index contributed by atoms with van der Waals surface area (Å²) in [7, 11) is 0. The highest BCUT2D eigenvalue weighted by atomic mass is 16.3. The first-order chi connectivity index (χ1) is 10.6. The number of benzene rings is 1. The van der Waals surface area contributed by atoms with E-state index in [0.29, 0.717) is 18.5 Å². The fourth-order valence-electron chi connectivity index (χ4n) is 2.94. The summed E-state index contributed by atoms with van der Waals surface area (Å²) >= 11 is 0. The monoisotopic (exact) mass is 316 g/mol. The van der Waals surface area contributed by atoms with Crippen LogP contribution in [-0.2, 0) is 5.60 Å². The second-order valence-electron chi connectivity index (χ2n) is 8.07. The number of hydrogen-bond acceptors (Lipinski definition) is 1. The number of quaternary nitrogens is 1. The largest absolute Gasteiger partial charge is 0.384 e. The Morgan fingerprint density at radius 3 is 1.91 bits per heavy atom. The molecule has 0 saturated heterocycles. The molecule has 0 aliphatic heterocycles. The maximum absolute atomic E-state index is 11.3.